The number of rotatable bonds is 1. The standard InChI is InChI=1S/C10H10BrNO3.ClH/c1-14-10(13)8-6(11)3-2-5-7(12)4-15-9(5)8;/h2-3,7H,4,12H2,1H3;1H/t7-;/m0./s1. The maximum atomic E-state index is 11.5. The summed E-state index contributed by atoms with van der Waals surface area (Å²) >= 11 is 3.29. The molecule has 6 heteroatoms. The first-order chi connectivity index (χ1) is 7.15. The molecule has 2 N–H and O–H groups in total. The predicted octanol–water partition coefficient (Wildman–Crippen LogP) is 2.05. The van der Waals surface area contributed by atoms with E-state index in [1.54, 1.807) is 6.07 Å². The van der Waals surface area contributed by atoms with E-state index in [9.17, 15) is 4.79 Å². The fraction of sp³-hybridized carbons (Fsp3) is 0.300. The van der Waals surface area contributed by atoms with Crippen molar-refractivity contribution in [3.8, 4) is 5.75 Å². The molecule has 0 unspecified atom stereocenters. The Balaban J connectivity index is 0.00000128. The molecule has 0 bridgehead atoms. The SMILES string of the molecule is COC(=O)c1c(Br)ccc2c1OC[C@@H]2N.Cl. The van der Waals surface area contributed by atoms with Crippen molar-refractivity contribution in [2.24, 2.45) is 5.73 Å². The predicted molar refractivity (Wildman–Crippen MR) is 65.2 cm³/mol. The van der Waals surface area contributed by atoms with Crippen LogP contribution in [0.15, 0.2) is 16.6 Å². The van der Waals surface area contributed by atoms with Crippen molar-refractivity contribution in [1.29, 1.82) is 0 Å². The summed E-state index contributed by atoms with van der Waals surface area (Å²) in [5.74, 6) is 0.108. The Morgan fingerprint density at radius 2 is 2.31 bits per heavy atom. The molecule has 0 saturated carbocycles. The number of hydrogen-bond acceptors (Lipinski definition) is 4. The van der Waals surface area contributed by atoms with Gasteiger partial charge in [0.15, 0.2) is 0 Å². The highest BCUT2D eigenvalue weighted by molar-refractivity contribution is 9.10. The summed E-state index contributed by atoms with van der Waals surface area (Å²) in [5, 5.41) is 0. The highest BCUT2D eigenvalue weighted by atomic mass is 79.9. The molecule has 0 aliphatic carbocycles. The molecule has 88 valence electrons. The molecule has 0 radical (unpaired) electrons. The second-order valence-electron chi connectivity index (χ2n) is 3.25. The van der Waals surface area contributed by atoms with Crippen LogP contribution in [-0.4, -0.2) is 19.7 Å². The number of nitrogens with two attached hydrogens (primary N) is 1. The van der Waals surface area contributed by atoms with Gasteiger partial charge in [-0.15, -0.1) is 12.4 Å². The van der Waals surface area contributed by atoms with Crippen LogP contribution in [-0.2, 0) is 4.74 Å². The van der Waals surface area contributed by atoms with Gasteiger partial charge in [-0.25, -0.2) is 4.79 Å². The number of carbonyl (C=O) groups excluding carboxylic acids is 1. The van der Waals surface area contributed by atoms with Crippen LogP contribution >= 0.6 is 28.3 Å². The number of halogens is 2. The third-order valence-corrected chi connectivity index (χ3v) is 2.99. The molecule has 0 fully saturated rings. The maximum absolute atomic E-state index is 11.5. The highest BCUT2D eigenvalue weighted by Gasteiger charge is 2.28. The van der Waals surface area contributed by atoms with E-state index < -0.39 is 5.97 Å². The number of methoxy groups -OCH3 is 1. The number of benzene rings is 1. The first-order valence-corrected chi connectivity index (χ1v) is 5.23. The fourth-order valence-electron chi connectivity index (χ4n) is 1.58. The minimum absolute atomic E-state index is 0. The van der Waals surface area contributed by atoms with Crippen LogP contribution in [0.25, 0.3) is 0 Å². The Morgan fingerprint density at radius 1 is 1.62 bits per heavy atom. The van der Waals surface area contributed by atoms with Crippen molar-refractivity contribution in [2.75, 3.05) is 13.7 Å². The van der Waals surface area contributed by atoms with Gasteiger partial charge in [-0.3, -0.25) is 0 Å². The van der Waals surface area contributed by atoms with Crippen LogP contribution in [0, 0.1) is 0 Å². The molecular weight excluding hydrogens is 297 g/mol. The van der Waals surface area contributed by atoms with Crippen molar-refractivity contribution in [3.05, 3.63) is 27.7 Å². The summed E-state index contributed by atoms with van der Waals surface area (Å²) < 4.78 is 10.7. The molecule has 1 aliphatic rings. The Labute approximate surface area is 108 Å². The zero-order chi connectivity index (χ0) is 11.0. The van der Waals surface area contributed by atoms with Gasteiger partial charge in [0.1, 0.15) is 17.9 Å². The van der Waals surface area contributed by atoms with Gasteiger partial charge in [0, 0.05) is 10.0 Å². The van der Waals surface area contributed by atoms with Crippen LogP contribution in [0.2, 0.25) is 0 Å². The number of esters is 1. The Morgan fingerprint density at radius 3 is 2.94 bits per heavy atom. The molecule has 0 saturated heterocycles. The molecule has 1 heterocycles. The van der Waals surface area contributed by atoms with Gasteiger partial charge in [0.05, 0.1) is 13.2 Å². The largest absolute Gasteiger partial charge is 0.490 e. The fourth-order valence-corrected chi connectivity index (χ4v) is 2.05. The molecule has 1 aromatic rings. The van der Waals surface area contributed by atoms with Crippen LogP contribution in [0.5, 0.6) is 5.75 Å². The lowest BCUT2D eigenvalue weighted by Gasteiger charge is -2.08. The zero-order valence-corrected chi connectivity index (χ0v) is 10.9. The van der Waals surface area contributed by atoms with E-state index in [-0.39, 0.29) is 18.4 Å². The van der Waals surface area contributed by atoms with Gasteiger partial charge in [-0.1, -0.05) is 6.07 Å². The lowest BCUT2D eigenvalue weighted by molar-refractivity contribution is 0.0596. The molecule has 0 spiro atoms. The molecule has 1 atom stereocenters. The van der Waals surface area contributed by atoms with Crippen LogP contribution in [0.3, 0.4) is 0 Å². The third-order valence-electron chi connectivity index (χ3n) is 2.33. The number of hydrogen-bond donors (Lipinski definition) is 1. The molecule has 1 aliphatic heterocycles. The van der Waals surface area contributed by atoms with Gasteiger partial charge in [0.2, 0.25) is 0 Å². The molecule has 0 aromatic heterocycles. The van der Waals surface area contributed by atoms with E-state index in [4.69, 9.17) is 10.5 Å². The summed E-state index contributed by atoms with van der Waals surface area (Å²) in [7, 11) is 1.34. The number of ether oxygens (including phenoxy) is 2. The van der Waals surface area contributed by atoms with E-state index in [2.05, 4.69) is 20.7 Å². The average Bonchev–Trinajstić information content (AvgIpc) is 2.59. The van der Waals surface area contributed by atoms with E-state index in [1.807, 2.05) is 6.07 Å². The second kappa shape index (κ2) is 5.03. The molecule has 16 heavy (non-hydrogen) atoms. The summed E-state index contributed by atoms with van der Waals surface area (Å²) in [6, 6.07) is 3.46. The lowest BCUT2D eigenvalue weighted by Crippen LogP contribution is -2.10. The summed E-state index contributed by atoms with van der Waals surface area (Å²) in [6.07, 6.45) is 0. The van der Waals surface area contributed by atoms with E-state index >= 15 is 0 Å². The van der Waals surface area contributed by atoms with E-state index in [0.717, 1.165) is 5.56 Å². The summed E-state index contributed by atoms with van der Waals surface area (Å²) in [6.45, 7) is 0.399. The second-order valence-corrected chi connectivity index (χ2v) is 4.10. The average molecular weight is 309 g/mol. The lowest BCUT2D eigenvalue weighted by atomic mass is 10.1. The van der Waals surface area contributed by atoms with Gasteiger partial charge < -0.3 is 15.2 Å². The van der Waals surface area contributed by atoms with Crippen molar-refractivity contribution < 1.29 is 14.3 Å². The number of fused-ring (bicyclic) bond motifs is 1. The quantitative estimate of drug-likeness (QED) is 0.807. The van der Waals surface area contributed by atoms with Gasteiger partial charge in [-0.2, -0.15) is 0 Å². The van der Waals surface area contributed by atoms with Crippen molar-refractivity contribution in [1.82, 2.24) is 0 Å². The first kappa shape index (κ1) is 13.3. The van der Waals surface area contributed by atoms with E-state index in [0.29, 0.717) is 22.4 Å². The van der Waals surface area contributed by atoms with Crippen molar-refractivity contribution >= 4 is 34.3 Å². The van der Waals surface area contributed by atoms with Crippen LogP contribution < -0.4 is 10.5 Å². The zero-order valence-electron chi connectivity index (χ0n) is 8.53. The van der Waals surface area contributed by atoms with E-state index in [1.165, 1.54) is 7.11 Å². The minimum Gasteiger partial charge on any atom is -0.490 e. The number of carbonyl (C=O) groups is 1. The highest BCUT2D eigenvalue weighted by Crippen LogP contribution is 2.38. The Bertz CT molecular complexity index is 425. The monoisotopic (exact) mass is 307 g/mol. The molecule has 1 aromatic carbocycles. The van der Waals surface area contributed by atoms with Crippen molar-refractivity contribution in [2.45, 2.75) is 6.04 Å². The van der Waals surface area contributed by atoms with Crippen LogP contribution in [0.4, 0.5) is 0 Å². The summed E-state index contributed by atoms with van der Waals surface area (Å²) in [5.41, 5.74) is 7.07. The van der Waals surface area contributed by atoms with Crippen LogP contribution in [0.1, 0.15) is 22.0 Å². The van der Waals surface area contributed by atoms with Gasteiger partial charge in [-0.05, 0) is 22.0 Å². The topological polar surface area (TPSA) is 61.5 Å². The third kappa shape index (κ3) is 2.03. The molecule has 0 amide bonds. The molecule has 2 rings (SSSR count). The van der Waals surface area contributed by atoms with Gasteiger partial charge >= 0.3 is 5.97 Å². The van der Waals surface area contributed by atoms with Crippen molar-refractivity contribution in [3.63, 3.8) is 0 Å². The normalized spacial score (nSPS) is 17.1. The van der Waals surface area contributed by atoms with Gasteiger partial charge in [0.25, 0.3) is 0 Å². The minimum atomic E-state index is -0.423. The smallest absolute Gasteiger partial charge is 0.342 e. The Hall–Kier alpha value is -0.780. The first-order valence-electron chi connectivity index (χ1n) is 4.44. The molecule has 4 nitrogen and oxygen atoms in total. The molecular formula is C10H11BrClNO3. The summed E-state index contributed by atoms with van der Waals surface area (Å²) in [4.78, 5) is 11.5. The maximum Gasteiger partial charge on any atom is 0.342 e. The Kier molecular flexibility index (Phi) is 4.18.